The molecule has 1 atom stereocenters. The molecular weight excluding hydrogens is 212 g/mol. The van der Waals surface area contributed by atoms with Gasteiger partial charge in [0.15, 0.2) is 0 Å². The van der Waals surface area contributed by atoms with Crippen LogP contribution in [0.4, 0.5) is 5.82 Å². The fraction of sp³-hybridized carbons (Fsp3) is 0.692. The monoisotopic (exact) mass is 234 g/mol. The van der Waals surface area contributed by atoms with Crippen LogP contribution in [0.15, 0.2) is 6.07 Å². The van der Waals surface area contributed by atoms with Crippen molar-refractivity contribution in [3.63, 3.8) is 0 Å². The highest BCUT2D eigenvalue weighted by Crippen LogP contribution is 2.29. The zero-order chi connectivity index (χ0) is 12.5. The highest BCUT2D eigenvalue weighted by Gasteiger charge is 2.32. The van der Waals surface area contributed by atoms with Crippen LogP contribution in [-0.2, 0) is 5.41 Å². The summed E-state index contributed by atoms with van der Waals surface area (Å²) in [4.78, 5) is 11.4. The van der Waals surface area contributed by atoms with Gasteiger partial charge in [-0.15, -0.1) is 0 Å². The lowest BCUT2D eigenvalue weighted by molar-refractivity contribution is 0.323. The van der Waals surface area contributed by atoms with Crippen LogP contribution in [0, 0.1) is 6.92 Å². The Hall–Kier alpha value is -1.16. The summed E-state index contributed by atoms with van der Waals surface area (Å²) in [6.45, 7) is 6.39. The molecule has 2 rings (SSSR count). The third-order valence-corrected chi connectivity index (χ3v) is 3.44. The standard InChI is InChI=1S/C13H22N4/c1-10-8-11(17(3)4)16-12(15-10)13(2)6-5-7-14-9-13/h8,14H,5-7,9H2,1-4H3/t13-/m1/s1. The smallest absolute Gasteiger partial charge is 0.138 e. The molecule has 1 aromatic heterocycles. The summed E-state index contributed by atoms with van der Waals surface area (Å²) in [6.07, 6.45) is 2.36. The summed E-state index contributed by atoms with van der Waals surface area (Å²) in [5.41, 5.74) is 1.13. The normalized spacial score (nSPS) is 24.7. The number of nitrogens with zero attached hydrogens (tertiary/aromatic N) is 3. The molecule has 1 aliphatic rings. The molecule has 1 aromatic rings. The summed E-state index contributed by atoms with van der Waals surface area (Å²) in [5, 5.41) is 3.45. The minimum Gasteiger partial charge on any atom is -0.363 e. The summed E-state index contributed by atoms with van der Waals surface area (Å²) >= 11 is 0. The van der Waals surface area contributed by atoms with Gasteiger partial charge >= 0.3 is 0 Å². The van der Waals surface area contributed by atoms with E-state index in [1.54, 1.807) is 0 Å². The third kappa shape index (κ3) is 2.57. The molecule has 1 saturated heterocycles. The second kappa shape index (κ2) is 4.61. The number of aromatic nitrogens is 2. The van der Waals surface area contributed by atoms with E-state index in [1.165, 1.54) is 6.42 Å². The van der Waals surface area contributed by atoms with E-state index in [4.69, 9.17) is 4.98 Å². The molecule has 2 heterocycles. The van der Waals surface area contributed by atoms with Crippen LogP contribution in [0.2, 0.25) is 0 Å². The van der Waals surface area contributed by atoms with Gasteiger partial charge in [-0.25, -0.2) is 9.97 Å². The van der Waals surface area contributed by atoms with E-state index in [0.717, 1.165) is 36.8 Å². The van der Waals surface area contributed by atoms with E-state index < -0.39 is 0 Å². The number of anilines is 1. The SMILES string of the molecule is Cc1cc(N(C)C)nc([C@]2(C)CCCNC2)n1. The van der Waals surface area contributed by atoms with Gasteiger partial charge < -0.3 is 10.2 Å². The van der Waals surface area contributed by atoms with Gasteiger partial charge in [0, 0.05) is 37.8 Å². The van der Waals surface area contributed by atoms with Crippen molar-refractivity contribution in [1.82, 2.24) is 15.3 Å². The molecule has 1 aliphatic heterocycles. The molecule has 1 N–H and O–H groups in total. The molecule has 0 aromatic carbocycles. The first-order valence-electron chi connectivity index (χ1n) is 6.25. The molecule has 0 aliphatic carbocycles. The van der Waals surface area contributed by atoms with Crippen molar-refractivity contribution in [3.8, 4) is 0 Å². The van der Waals surface area contributed by atoms with Gasteiger partial charge in [-0.05, 0) is 26.3 Å². The predicted octanol–water partition coefficient (Wildman–Crippen LogP) is 1.49. The molecule has 17 heavy (non-hydrogen) atoms. The minimum atomic E-state index is 0.0784. The van der Waals surface area contributed by atoms with Gasteiger partial charge in [-0.2, -0.15) is 0 Å². The van der Waals surface area contributed by atoms with Gasteiger partial charge in [-0.3, -0.25) is 0 Å². The molecule has 94 valence electrons. The molecular formula is C13H22N4. The molecule has 0 saturated carbocycles. The largest absolute Gasteiger partial charge is 0.363 e. The fourth-order valence-electron chi connectivity index (χ4n) is 2.30. The minimum absolute atomic E-state index is 0.0784. The molecule has 4 nitrogen and oxygen atoms in total. The van der Waals surface area contributed by atoms with Gasteiger partial charge in [0.2, 0.25) is 0 Å². The summed E-state index contributed by atoms with van der Waals surface area (Å²) in [5.74, 6) is 1.98. The van der Waals surface area contributed by atoms with E-state index in [-0.39, 0.29) is 5.41 Å². The molecule has 4 heteroatoms. The molecule has 0 amide bonds. The lowest BCUT2D eigenvalue weighted by atomic mass is 9.82. The Labute approximate surface area is 103 Å². The summed E-state index contributed by atoms with van der Waals surface area (Å²) in [6, 6.07) is 2.03. The maximum absolute atomic E-state index is 4.70. The van der Waals surface area contributed by atoms with Crippen LogP contribution in [0.3, 0.4) is 0 Å². The van der Waals surface area contributed by atoms with Crippen molar-refractivity contribution in [1.29, 1.82) is 0 Å². The Morgan fingerprint density at radius 2 is 2.12 bits per heavy atom. The Morgan fingerprint density at radius 3 is 2.71 bits per heavy atom. The van der Waals surface area contributed by atoms with Crippen LogP contribution in [0.25, 0.3) is 0 Å². The fourth-order valence-corrected chi connectivity index (χ4v) is 2.30. The quantitative estimate of drug-likeness (QED) is 0.842. The van der Waals surface area contributed by atoms with Gasteiger partial charge in [-0.1, -0.05) is 6.92 Å². The maximum atomic E-state index is 4.70. The molecule has 0 radical (unpaired) electrons. The Bertz CT molecular complexity index is 394. The zero-order valence-corrected chi connectivity index (χ0v) is 11.2. The second-order valence-electron chi connectivity index (χ2n) is 5.43. The zero-order valence-electron chi connectivity index (χ0n) is 11.2. The van der Waals surface area contributed by atoms with E-state index in [2.05, 4.69) is 17.2 Å². The average molecular weight is 234 g/mol. The predicted molar refractivity (Wildman–Crippen MR) is 70.6 cm³/mol. The van der Waals surface area contributed by atoms with E-state index in [9.17, 15) is 0 Å². The first-order valence-corrected chi connectivity index (χ1v) is 6.25. The number of hydrogen-bond donors (Lipinski definition) is 1. The highest BCUT2D eigenvalue weighted by atomic mass is 15.2. The van der Waals surface area contributed by atoms with Crippen molar-refractivity contribution in [2.24, 2.45) is 0 Å². The van der Waals surface area contributed by atoms with Crippen LogP contribution in [0.5, 0.6) is 0 Å². The van der Waals surface area contributed by atoms with E-state index in [1.807, 2.05) is 32.0 Å². The van der Waals surface area contributed by atoms with Crippen LogP contribution in [0.1, 0.15) is 31.3 Å². The summed E-state index contributed by atoms with van der Waals surface area (Å²) in [7, 11) is 4.04. The van der Waals surface area contributed by atoms with E-state index >= 15 is 0 Å². The van der Waals surface area contributed by atoms with Crippen LogP contribution >= 0.6 is 0 Å². The number of piperidine rings is 1. The van der Waals surface area contributed by atoms with Crippen LogP contribution in [-0.4, -0.2) is 37.2 Å². The second-order valence-corrected chi connectivity index (χ2v) is 5.43. The Kier molecular flexibility index (Phi) is 3.33. The summed E-state index contributed by atoms with van der Waals surface area (Å²) < 4.78 is 0. The van der Waals surface area contributed by atoms with Gasteiger partial charge in [0.1, 0.15) is 11.6 Å². The van der Waals surface area contributed by atoms with E-state index in [0.29, 0.717) is 0 Å². The van der Waals surface area contributed by atoms with Gasteiger partial charge in [0.05, 0.1) is 0 Å². The van der Waals surface area contributed by atoms with Crippen LogP contribution < -0.4 is 10.2 Å². The topological polar surface area (TPSA) is 41.1 Å². The number of aryl methyl sites for hydroxylation is 1. The highest BCUT2D eigenvalue weighted by molar-refractivity contribution is 5.38. The average Bonchev–Trinajstić information content (AvgIpc) is 2.29. The third-order valence-electron chi connectivity index (χ3n) is 3.44. The maximum Gasteiger partial charge on any atom is 0.138 e. The number of nitrogens with one attached hydrogen (secondary N) is 1. The molecule has 0 unspecified atom stereocenters. The molecule has 0 spiro atoms. The number of hydrogen-bond acceptors (Lipinski definition) is 4. The number of rotatable bonds is 2. The van der Waals surface area contributed by atoms with Crippen molar-refractivity contribution in [3.05, 3.63) is 17.6 Å². The lowest BCUT2D eigenvalue weighted by Gasteiger charge is -2.33. The first kappa shape index (κ1) is 12.3. The first-order chi connectivity index (χ1) is 8.01. The Balaban J connectivity index is 2.37. The lowest BCUT2D eigenvalue weighted by Crippen LogP contribution is -2.42. The van der Waals surface area contributed by atoms with Crippen molar-refractivity contribution < 1.29 is 0 Å². The molecule has 1 fully saturated rings. The van der Waals surface area contributed by atoms with Crippen molar-refractivity contribution >= 4 is 5.82 Å². The Morgan fingerprint density at radius 1 is 1.35 bits per heavy atom. The molecule has 0 bridgehead atoms. The van der Waals surface area contributed by atoms with Crippen molar-refractivity contribution in [2.45, 2.75) is 32.1 Å². The van der Waals surface area contributed by atoms with Crippen molar-refractivity contribution in [2.75, 3.05) is 32.1 Å². The van der Waals surface area contributed by atoms with Gasteiger partial charge in [0.25, 0.3) is 0 Å².